The van der Waals surface area contributed by atoms with Crippen LogP contribution in [0.2, 0.25) is 0 Å². The summed E-state index contributed by atoms with van der Waals surface area (Å²) in [5, 5.41) is 2.27. The zero-order valence-electron chi connectivity index (χ0n) is 15.1. The Bertz CT molecular complexity index is 961. The third-order valence-corrected chi connectivity index (χ3v) is 5.14. The second kappa shape index (κ2) is 9.05. The third-order valence-electron chi connectivity index (χ3n) is 3.58. The molecule has 0 aliphatic heterocycles. The summed E-state index contributed by atoms with van der Waals surface area (Å²) < 4.78 is 68.7. The lowest BCUT2D eigenvalue weighted by Gasteiger charge is -2.14. The lowest BCUT2D eigenvalue weighted by molar-refractivity contribution is -0.148. The molecule has 2 N–H and O–H groups in total. The smallest absolute Gasteiger partial charge is 0.416 e. The summed E-state index contributed by atoms with van der Waals surface area (Å²) >= 11 is 0. The summed E-state index contributed by atoms with van der Waals surface area (Å²) in [4.78, 5) is 23.6. The number of halogens is 3. The minimum Gasteiger partial charge on any atom is -0.454 e. The van der Waals surface area contributed by atoms with Gasteiger partial charge in [-0.3, -0.25) is 9.59 Å². The van der Waals surface area contributed by atoms with Crippen LogP contribution in [-0.4, -0.2) is 32.9 Å². The van der Waals surface area contributed by atoms with Gasteiger partial charge in [0, 0.05) is 5.69 Å². The Morgan fingerprint density at radius 2 is 1.62 bits per heavy atom. The van der Waals surface area contributed by atoms with E-state index in [0.717, 1.165) is 24.3 Å². The van der Waals surface area contributed by atoms with Crippen molar-refractivity contribution in [3.8, 4) is 0 Å². The molecule has 0 radical (unpaired) electrons. The van der Waals surface area contributed by atoms with E-state index in [1.54, 1.807) is 6.07 Å². The number of carbonyl (C=O) groups excluding carboxylic acids is 2. The fourth-order valence-electron chi connectivity index (χ4n) is 2.15. The standard InChI is InChI=1S/C18H17F3N2O5S/c1-12(23-29(26,27)15-5-3-2-4-6-15)17(25)28-11-16(24)22-14-9-7-13(8-10-14)18(19,20)21/h2-10,12,23H,11H2,1H3,(H,22,24). The van der Waals surface area contributed by atoms with Gasteiger partial charge in [-0.2, -0.15) is 17.9 Å². The molecule has 1 atom stereocenters. The number of alkyl halides is 3. The predicted octanol–water partition coefficient (Wildman–Crippen LogP) is 2.55. The number of sulfonamides is 1. The van der Waals surface area contributed by atoms with E-state index in [4.69, 9.17) is 4.74 Å². The van der Waals surface area contributed by atoms with E-state index in [0.29, 0.717) is 0 Å². The molecule has 1 amide bonds. The molecular formula is C18H17F3N2O5S. The van der Waals surface area contributed by atoms with E-state index in [-0.39, 0.29) is 10.6 Å². The number of rotatable bonds is 7. The first-order valence-electron chi connectivity index (χ1n) is 8.20. The molecule has 2 aromatic rings. The highest BCUT2D eigenvalue weighted by atomic mass is 32.2. The molecule has 2 rings (SSSR count). The molecule has 0 aromatic heterocycles. The molecule has 2 aromatic carbocycles. The monoisotopic (exact) mass is 430 g/mol. The van der Waals surface area contributed by atoms with Crippen LogP contribution in [0.25, 0.3) is 0 Å². The molecule has 156 valence electrons. The minimum atomic E-state index is -4.50. The Morgan fingerprint density at radius 1 is 1.03 bits per heavy atom. The number of esters is 1. The number of hydrogen-bond acceptors (Lipinski definition) is 5. The number of anilines is 1. The summed E-state index contributed by atoms with van der Waals surface area (Å²) in [5.74, 6) is -1.79. The number of benzene rings is 2. The van der Waals surface area contributed by atoms with Crippen LogP contribution in [-0.2, 0) is 30.5 Å². The van der Waals surface area contributed by atoms with Gasteiger partial charge in [-0.05, 0) is 43.3 Å². The van der Waals surface area contributed by atoms with Gasteiger partial charge >= 0.3 is 12.1 Å². The molecule has 0 aliphatic carbocycles. The number of hydrogen-bond donors (Lipinski definition) is 2. The van der Waals surface area contributed by atoms with E-state index in [9.17, 15) is 31.2 Å². The molecule has 11 heteroatoms. The fourth-order valence-corrected chi connectivity index (χ4v) is 3.36. The Labute approximate surface area is 164 Å². The molecule has 7 nitrogen and oxygen atoms in total. The largest absolute Gasteiger partial charge is 0.454 e. The lowest BCUT2D eigenvalue weighted by atomic mass is 10.2. The maximum absolute atomic E-state index is 12.5. The summed E-state index contributed by atoms with van der Waals surface area (Å²) in [6.45, 7) is 0.508. The molecule has 0 fully saturated rings. The summed E-state index contributed by atoms with van der Waals surface area (Å²) in [7, 11) is -3.95. The maximum atomic E-state index is 12.5. The number of ether oxygens (including phenoxy) is 1. The van der Waals surface area contributed by atoms with Gasteiger partial charge in [-0.15, -0.1) is 0 Å². The van der Waals surface area contributed by atoms with Gasteiger partial charge in [-0.25, -0.2) is 8.42 Å². The second-order valence-corrected chi connectivity index (χ2v) is 7.60. The zero-order chi connectivity index (χ0) is 21.7. The Morgan fingerprint density at radius 3 is 2.17 bits per heavy atom. The van der Waals surface area contributed by atoms with Crippen molar-refractivity contribution < 1.29 is 35.9 Å². The van der Waals surface area contributed by atoms with Crippen molar-refractivity contribution >= 4 is 27.6 Å². The quantitative estimate of drug-likeness (QED) is 0.658. The Kier molecular flexibility index (Phi) is 6.98. The molecule has 29 heavy (non-hydrogen) atoms. The molecule has 0 saturated carbocycles. The molecule has 0 bridgehead atoms. The highest BCUT2D eigenvalue weighted by Gasteiger charge is 2.30. The van der Waals surface area contributed by atoms with Gasteiger partial charge in [0.15, 0.2) is 6.61 Å². The average Bonchev–Trinajstić information content (AvgIpc) is 2.66. The highest BCUT2D eigenvalue weighted by Crippen LogP contribution is 2.29. The Hall–Kier alpha value is -2.92. The first-order chi connectivity index (χ1) is 13.5. The van der Waals surface area contributed by atoms with Crippen molar-refractivity contribution in [2.24, 2.45) is 0 Å². The lowest BCUT2D eigenvalue weighted by Crippen LogP contribution is -2.40. The number of amides is 1. The first-order valence-corrected chi connectivity index (χ1v) is 9.68. The van der Waals surface area contributed by atoms with E-state index in [2.05, 4.69) is 10.0 Å². The fraction of sp³-hybridized carbons (Fsp3) is 0.222. The highest BCUT2D eigenvalue weighted by molar-refractivity contribution is 7.89. The van der Waals surface area contributed by atoms with Crippen LogP contribution in [0.4, 0.5) is 18.9 Å². The molecule has 0 aliphatic rings. The van der Waals surface area contributed by atoms with Gasteiger partial charge in [-0.1, -0.05) is 18.2 Å². The number of carbonyl (C=O) groups is 2. The number of nitrogens with one attached hydrogen (secondary N) is 2. The van der Waals surface area contributed by atoms with Crippen LogP contribution >= 0.6 is 0 Å². The van der Waals surface area contributed by atoms with Gasteiger partial charge in [0.25, 0.3) is 5.91 Å². The summed E-state index contributed by atoms with van der Waals surface area (Å²) in [6.07, 6.45) is -4.50. The van der Waals surface area contributed by atoms with E-state index >= 15 is 0 Å². The molecule has 0 heterocycles. The maximum Gasteiger partial charge on any atom is 0.416 e. The van der Waals surface area contributed by atoms with E-state index < -0.39 is 46.3 Å². The van der Waals surface area contributed by atoms with Crippen LogP contribution in [0.1, 0.15) is 12.5 Å². The van der Waals surface area contributed by atoms with Crippen molar-refractivity contribution in [1.29, 1.82) is 0 Å². The SMILES string of the molecule is CC(NS(=O)(=O)c1ccccc1)C(=O)OCC(=O)Nc1ccc(C(F)(F)F)cc1. The van der Waals surface area contributed by atoms with Gasteiger partial charge in [0.05, 0.1) is 10.5 Å². The molecular weight excluding hydrogens is 413 g/mol. The van der Waals surface area contributed by atoms with Gasteiger partial charge < -0.3 is 10.1 Å². The molecule has 0 spiro atoms. The topological polar surface area (TPSA) is 102 Å². The van der Waals surface area contributed by atoms with Crippen molar-refractivity contribution in [3.05, 3.63) is 60.2 Å². The van der Waals surface area contributed by atoms with E-state index in [1.807, 2.05) is 0 Å². The summed E-state index contributed by atoms with van der Waals surface area (Å²) in [5.41, 5.74) is -0.793. The average molecular weight is 430 g/mol. The van der Waals surface area contributed by atoms with Crippen molar-refractivity contribution in [2.45, 2.75) is 24.0 Å². The second-order valence-electron chi connectivity index (χ2n) is 5.89. The van der Waals surface area contributed by atoms with Crippen molar-refractivity contribution in [1.82, 2.24) is 4.72 Å². The molecule has 0 saturated heterocycles. The van der Waals surface area contributed by atoms with Crippen molar-refractivity contribution in [3.63, 3.8) is 0 Å². The summed E-state index contributed by atoms with van der Waals surface area (Å²) in [6, 6.07) is 9.79. The van der Waals surface area contributed by atoms with Crippen molar-refractivity contribution in [2.75, 3.05) is 11.9 Å². The van der Waals surface area contributed by atoms with Gasteiger partial charge in [0.2, 0.25) is 10.0 Å². The van der Waals surface area contributed by atoms with Gasteiger partial charge in [0.1, 0.15) is 6.04 Å². The minimum absolute atomic E-state index is 0.0419. The first kappa shape index (κ1) is 22.4. The van der Waals surface area contributed by atoms with Crippen LogP contribution in [0.15, 0.2) is 59.5 Å². The van der Waals surface area contributed by atoms with Crippen LogP contribution in [0.3, 0.4) is 0 Å². The van der Waals surface area contributed by atoms with Crippen LogP contribution < -0.4 is 10.0 Å². The van der Waals surface area contributed by atoms with Crippen LogP contribution in [0.5, 0.6) is 0 Å². The predicted molar refractivity (Wildman–Crippen MR) is 97.3 cm³/mol. The zero-order valence-corrected chi connectivity index (χ0v) is 15.9. The molecule has 1 unspecified atom stereocenters. The third kappa shape index (κ3) is 6.57. The normalized spacial score (nSPS) is 12.8. The Balaban J connectivity index is 1.85. The van der Waals surface area contributed by atoms with Crippen LogP contribution in [0, 0.1) is 0 Å². The van der Waals surface area contributed by atoms with E-state index in [1.165, 1.54) is 31.2 Å².